The highest BCUT2D eigenvalue weighted by Crippen LogP contribution is 2.37. The first-order valence-electron chi connectivity index (χ1n) is 3.30. The van der Waals surface area contributed by atoms with E-state index in [0.29, 0.717) is 0 Å². The van der Waals surface area contributed by atoms with E-state index in [-0.39, 0.29) is 30.3 Å². The van der Waals surface area contributed by atoms with E-state index in [2.05, 4.69) is 0 Å². The molecule has 0 aromatic rings. The zero-order valence-electron chi connectivity index (χ0n) is 5.61. The highest BCUT2D eigenvalue weighted by Gasteiger charge is 2.57. The maximum atomic E-state index is 10.5. The van der Waals surface area contributed by atoms with Gasteiger partial charge in [0.05, 0.1) is 6.10 Å². The van der Waals surface area contributed by atoms with Crippen LogP contribution in [0.25, 0.3) is 0 Å². The Hall–Kier alpha value is -0.610. The summed E-state index contributed by atoms with van der Waals surface area (Å²) >= 11 is 0. The summed E-state index contributed by atoms with van der Waals surface area (Å²) in [6.07, 6.45) is -0.0608. The Balaban J connectivity index is 1.85. The van der Waals surface area contributed by atoms with Crippen LogP contribution >= 0.6 is 0 Å². The fraction of sp³-hybridized carbons (Fsp3) is 0.833. The molecule has 1 amide bonds. The number of carbonyl (C=O) groups is 1. The molecular weight excluding hydrogens is 134 g/mol. The molecule has 2 heterocycles. The summed E-state index contributed by atoms with van der Waals surface area (Å²) in [6, 6.07) is 0. The first-order chi connectivity index (χ1) is 4.70. The van der Waals surface area contributed by atoms with Crippen molar-refractivity contribution >= 4 is 5.91 Å². The summed E-state index contributed by atoms with van der Waals surface area (Å²) < 4.78 is 10.1. The molecule has 0 aromatic heterocycles. The average molecular weight is 143 g/mol. The smallest absolute Gasteiger partial charge is 0.249 e. The van der Waals surface area contributed by atoms with Crippen LogP contribution in [0.2, 0.25) is 0 Å². The van der Waals surface area contributed by atoms with Gasteiger partial charge in [0.25, 0.3) is 0 Å². The number of epoxide rings is 2. The normalized spacial score (nSPS) is 50.5. The quantitative estimate of drug-likeness (QED) is 0.505. The molecule has 2 aliphatic heterocycles. The van der Waals surface area contributed by atoms with Crippen molar-refractivity contribution in [3.05, 3.63) is 0 Å². The number of rotatable bonds is 2. The van der Waals surface area contributed by atoms with Crippen molar-refractivity contribution in [2.75, 3.05) is 0 Å². The summed E-state index contributed by atoms with van der Waals surface area (Å²) in [6.45, 7) is 1.95. The molecular formula is C6H9NO3. The average Bonchev–Trinajstić information content (AvgIpc) is 2.57. The van der Waals surface area contributed by atoms with Gasteiger partial charge in [0, 0.05) is 0 Å². The van der Waals surface area contributed by atoms with Crippen LogP contribution in [0.4, 0.5) is 0 Å². The molecule has 0 saturated carbocycles. The topological polar surface area (TPSA) is 68.2 Å². The van der Waals surface area contributed by atoms with Gasteiger partial charge in [-0.1, -0.05) is 0 Å². The number of carbonyl (C=O) groups excluding carboxylic acids is 1. The van der Waals surface area contributed by atoms with E-state index in [9.17, 15) is 4.79 Å². The Morgan fingerprint density at radius 3 is 2.30 bits per heavy atom. The third kappa shape index (κ3) is 0.803. The van der Waals surface area contributed by atoms with Gasteiger partial charge in [-0.2, -0.15) is 0 Å². The van der Waals surface area contributed by atoms with Gasteiger partial charge in [-0.3, -0.25) is 4.79 Å². The highest BCUT2D eigenvalue weighted by atomic mass is 16.7. The molecule has 4 heteroatoms. The molecule has 4 unspecified atom stereocenters. The van der Waals surface area contributed by atoms with Gasteiger partial charge in [-0.05, 0) is 6.92 Å². The predicted molar refractivity (Wildman–Crippen MR) is 32.2 cm³/mol. The monoisotopic (exact) mass is 143 g/mol. The van der Waals surface area contributed by atoms with Gasteiger partial charge in [0.2, 0.25) is 5.91 Å². The van der Waals surface area contributed by atoms with Crippen LogP contribution in [0.15, 0.2) is 0 Å². The number of primary amides is 1. The minimum absolute atomic E-state index is 0.0486. The third-order valence-electron chi connectivity index (χ3n) is 1.89. The largest absolute Gasteiger partial charge is 0.367 e. The Morgan fingerprint density at radius 1 is 1.40 bits per heavy atom. The van der Waals surface area contributed by atoms with Crippen molar-refractivity contribution in [2.24, 2.45) is 5.73 Å². The SMILES string of the molecule is CC1OC1C1OC1C(N)=O. The molecule has 2 N–H and O–H groups in total. The number of amides is 1. The Kier molecular flexibility index (Phi) is 1.04. The summed E-state index contributed by atoms with van der Waals surface area (Å²) in [4.78, 5) is 10.5. The van der Waals surface area contributed by atoms with Crippen LogP contribution in [0.5, 0.6) is 0 Å². The van der Waals surface area contributed by atoms with Gasteiger partial charge in [-0.15, -0.1) is 0 Å². The van der Waals surface area contributed by atoms with E-state index >= 15 is 0 Å². The van der Waals surface area contributed by atoms with E-state index in [4.69, 9.17) is 15.2 Å². The molecule has 2 fully saturated rings. The van der Waals surface area contributed by atoms with Crippen LogP contribution in [0, 0.1) is 0 Å². The van der Waals surface area contributed by atoms with Gasteiger partial charge in [-0.25, -0.2) is 0 Å². The minimum Gasteiger partial charge on any atom is -0.367 e. The Bertz CT molecular complexity index is 182. The maximum Gasteiger partial charge on any atom is 0.249 e. The molecule has 0 spiro atoms. The van der Waals surface area contributed by atoms with E-state index in [0.717, 1.165) is 0 Å². The van der Waals surface area contributed by atoms with Crippen molar-refractivity contribution in [3.63, 3.8) is 0 Å². The summed E-state index contributed by atoms with van der Waals surface area (Å²) in [5.74, 6) is -0.382. The second kappa shape index (κ2) is 1.71. The molecule has 0 bridgehead atoms. The second-order valence-electron chi connectivity index (χ2n) is 2.73. The molecule has 56 valence electrons. The zero-order chi connectivity index (χ0) is 7.30. The zero-order valence-corrected chi connectivity index (χ0v) is 5.61. The van der Waals surface area contributed by atoms with Gasteiger partial charge < -0.3 is 15.2 Å². The van der Waals surface area contributed by atoms with Crippen LogP contribution in [0.3, 0.4) is 0 Å². The van der Waals surface area contributed by atoms with E-state index < -0.39 is 0 Å². The molecule has 0 aromatic carbocycles. The first kappa shape index (κ1) is 6.12. The van der Waals surface area contributed by atoms with Crippen molar-refractivity contribution in [1.29, 1.82) is 0 Å². The number of hydrogen-bond donors (Lipinski definition) is 1. The van der Waals surface area contributed by atoms with E-state index in [1.807, 2.05) is 6.92 Å². The second-order valence-corrected chi connectivity index (χ2v) is 2.73. The van der Waals surface area contributed by atoms with Gasteiger partial charge >= 0.3 is 0 Å². The molecule has 0 aliphatic carbocycles. The Morgan fingerprint density at radius 2 is 2.00 bits per heavy atom. The van der Waals surface area contributed by atoms with Gasteiger partial charge in [0.1, 0.15) is 12.2 Å². The molecule has 2 rings (SSSR count). The molecule has 4 atom stereocenters. The third-order valence-corrected chi connectivity index (χ3v) is 1.89. The standard InChI is InChI=1S/C6H9NO3/c1-2-3(9-2)4-5(10-4)6(7)8/h2-5H,1H3,(H2,7,8). The highest BCUT2D eigenvalue weighted by molar-refractivity contribution is 5.82. The maximum absolute atomic E-state index is 10.5. The van der Waals surface area contributed by atoms with Crippen molar-refractivity contribution in [3.8, 4) is 0 Å². The van der Waals surface area contributed by atoms with Crippen LogP contribution in [0.1, 0.15) is 6.92 Å². The van der Waals surface area contributed by atoms with Crippen molar-refractivity contribution in [2.45, 2.75) is 31.3 Å². The lowest BCUT2D eigenvalue weighted by molar-refractivity contribution is -0.119. The first-order valence-corrected chi connectivity index (χ1v) is 3.30. The lowest BCUT2D eigenvalue weighted by Crippen LogP contribution is -2.21. The summed E-state index contributed by atoms with van der Waals surface area (Å²) in [7, 11) is 0. The fourth-order valence-electron chi connectivity index (χ4n) is 1.15. The summed E-state index contributed by atoms with van der Waals surface area (Å²) in [5, 5.41) is 0. The van der Waals surface area contributed by atoms with Crippen LogP contribution in [-0.4, -0.2) is 30.3 Å². The molecule has 2 aliphatic rings. The molecule has 4 nitrogen and oxygen atoms in total. The lowest BCUT2D eigenvalue weighted by Gasteiger charge is -1.80. The molecule has 2 saturated heterocycles. The van der Waals surface area contributed by atoms with Crippen molar-refractivity contribution in [1.82, 2.24) is 0 Å². The predicted octanol–water partition coefficient (Wildman–Crippen LogP) is -0.974. The molecule has 10 heavy (non-hydrogen) atoms. The Labute approximate surface area is 58.3 Å². The fourth-order valence-corrected chi connectivity index (χ4v) is 1.15. The molecule has 0 radical (unpaired) electrons. The minimum atomic E-state index is -0.382. The van der Waals surface area contributed by atoms with Crippen LogP contribution in [-0.2, 0) is 14.3 Å². The van der Waals surface area contributed by atoms with Crippen LogP contribution < -0.4 is 5.73 Å². The number of nitrogens with two attached hydrogens (primary N) is 1. The van der Waals surface area contributed by atoms with Crippen molar-refractivity contribution < 1.29 is 14.3 Å². The van der Waals surface area contributed by atoms with E-state index in [1.165, 1.54) is 0 Å². The number of hydrogen-bond acceptors (Lipinski definition) is 3. The van der Waals surface area contributed by atoms with Gasteiger partial charge in [0.15, 0.2) is 6.10 Å². The number of ether oxygens (including phenoxy) is 2. The van der Waals surface area contributed by atoms with E-state index in [1.54, 1.807) is 0 Å². The summed E-state index contributed by atoms with van der Waals surface area (Å²) in [5.41, 5.74) is 4.98. The lowest BCUT2D eigenvalue weighted by atomic mass is 10.2.